The van der Waals surface area contributed by atoms with Gasteiger partial charge in [0.05, 0.1) is 5.69 Å². The van der Waals surface area contributed by atoms with E-state index in [-0.39, 0.29) is 17.0 Å². The summed E-state index contributed by atoms with van der Waals surface area (Å²) in [6.45, 7) is 1.91. The van der Waals surface area contributed by atoms with E-state index in [0.29, 0.717) is 5.56 Å². The molecule has 3 aromatic carbocycles. The van der Waals surface area contributed by atoms with Gasteiger partial charge in [-0.25, -0.2) is 13.1 Å². The van der Waals surface area contributed by atoms with Crippen LogP contribution in [0.4, 0.5) is 5.69 Å². The number of para-hydroxylation sites is 1. The van der Waals surface area contributed by atoms with Crippen molar-refractivity contribution in [3.63, 3.8) is 0 Å². The van der Waals surface area contributed by atoms with Gasteiger partial charge in [0.1, 0.15) is 4.90 Å². The lowest BCUT2D eigenvalue weighted by atomic mass is 10.1. The highest BCUT2D eigenvalue weighted by Gasteiger charge is 2.21. The average molecular weight is 473 g/mol. The van der Waals surface area contributed by atoms with Crippen molar-refractivity contribution in [2.24, 2.45) is 0 Å². The van der Waals surface area contributed by atoms with Gasteiger partial charge in [0.15, 0.2) is 0 Å². The molecule has 7 heteroatoms. The van der Waals surface area contributed by atoms with E-state index in [1.54, 1.807) is 42.5 Å². The number of hydrogen-bond donors (Lipinski definition) is 2. The summed E-state index contributed by atoms with van der Waals surface area (Å²) in [5, 5.41) is 2.62. The summed E-state index contributed by atoms with van der Waals surface area (Å²) in [7, 11) is -4.16. The topological polar surface area (TPSA) is 92.3 Å². The lowest BCUT2D eigenvalue weighted by Crippen LogP contribution is -2.30. The Labute approximate surface area is 199 Å². The fraction of sp³-hybridized carbons (Fsp3) is 0.111. The third-order valence-corrected chi connectivity index (χ3v) is 6.08. The average Bonchev–Trinajstić information content (AvgIpc) is 2.84. The van der Waals surface area contributed by atoms with Crippen LogP contribution in [0, 0.1) is 11.8 Å². The minimum absolute atomic E-state index is 0.0545. The third kappa shape index (κ3) is 6.92. The van der Waals surface area contributed by atoms with Crippen molar-refractivity contribution in [1.29, 1.82) is 0 Å². The first kappa shape index (κ1) is 24.5. The standard InChI is InChI=1S/C27H24N2O4S/c1-2-3-5-14-26(30)29-34(32,33)25-13-9-8-12-24(25)28-27(31)23-19-17-22(18-20-23)16-15-21-10-6-4-7-11-21/h3-13,17-20H,2,14H2,1H3,(H,28,31)(H,29,30)/b5-3+. The highest BCUT2D eigenvalue weighted by molar-refractivity contribution is 7.90. The second-order valence-corrected chi connectivity index (χ2v) is 8.91. The molecule has 0 aliphatic heterocycles. The summed E-state index contributed by atoms with van der Waals surface area (Å²) < 4.78 is 27.5. The number of amides is 2. The summed E-state index contributed by atoms with van der Waals surface area (Å²) in [4.78, 5) is 24.5. The fourth-order valence-electron chi connectivity index (χ4n) is 2.97. The Balaban J connectivity index is 1.73. The van der Waals surface area contributed by atoms with E-state index in [9.17, 15) is 18.0 Å². The van der Waals surface area contributed by atoms with Crippen molar-refractivity contribution in [2.45, 2.75) is 24.7 Å². The van der Waals surface area contributed by atoms with Crippen LogP contribution in [0.2, 0.25) is 0 Å². The third-order valence-electron chi connectivity index (χ3n) is 4.65. The molecular weight excluding hydrogens is 448 g/mol. The van der Waals surface area contributed by atoms with Crippen LogP contribution < -0.4 is 10.0 Å². The Morgan fingerprint density at radius 1 is 0.824 bits per heavy atom. The highest BCUT2D eigenvalue weighted by atomic mass is 32.2. The molecule has 0 aromatic heterocycles. The van der Waals surface area contributed by atoms with Gasteiger partial charge in [-0.05, 0) is 55.0 Å². The van der Waals surface area contributed by atoms with Gasteiger partial charge in [-0.3, -0.25) is 9.59 Å². The summed E-state index contributed by atoms with van der Waals surface area (Å²) in [6, 6.07) is 22.1. The van der Waals surface area contributed by atoms with Crippen LogP contribution in [0.5, 0.6) is 0 Å². The molecule has 0 saturated heterocycles. The van der Waals surface area contributed by atoms with E-state index in [0.717, 1.165) is 17.5 Å². The predicted octanol–water partition coefficient (Wildman–Crippen LogP) is 4.50. The predicted molar refractivity (Wildman–Crippen MR) is 133 cm³/mol. The first-order valence-corrected chi connectivity index (χ1v) is 12.2. The van der Waals surface area contributed by atoms with E-state index in [1.807, 2.05) is 42.0 Å². The fourth-order valence-corrected chi connectivity index (χ4v) is 4.13. The number of benzene rings is 3. The van der Waals surface area contributed by atoms with E-state index < -0.39 is 21.8 Å². The van der Waals surface area contributed by atoms with Crippen molar-refractivity contribution < 1.29 is 18.0 Å². The van der Waals surface area contributed by atoms with Gasteiger partial charge < -0.3 is 5.32 Å². The van der Waals surface area contributed by atoms with Crippen LogP contribution in [-0.2, 0) is 14.8 Å². The van der Waals surface area contributed by atoms with Crippen molar-refractivity contribution in [1.82, 2.24) is 4.72 Å². The zero-order chi connectivity index (χ0) is 24.4. The molecular formula is C27H24N2O4S. The summed E-state index contributed by atoms with van der Waals surface area (Å²) in [6.07, 6.45) is 4.07. The normalized spacial score (nSPS) is 10.9. The number of anilines is 1. The second kappa shape index (κ2) is 11.6. The van der Waals surface area contributed by atoms with Crippen LogP contribution in [0.3, 0.4) is 0 Å². The summed E-state index contributed by atoms with van der Waals surface area (Å²) >= 11 is 0. The van der Waals surface area contributed by atoms with Crippen LogP contribution in [0.1, 0.15) is 41.3 Å². The first-order valence-electron chi connectivity index (χ1n) is 10.7. The lowest BCUT2D eigenvalue weighted by Gasteiger charge is -2.12. The molecule has 0 fully saturated rings. The first-order chi connectivity index (χ1) is 16.4. The molecule has 2 N–H and O–H groups in total. The number of rotatable bonds is 7. The number of hydrogen-bond acceptors (Lipinski definition) is 4. The molecule has 0 atom stereocenters. The molecule has 172 valence electrons. The largest absolute Gasteiger partial charge is 0.321 e. The number of carbonyl (C=O) groups is 2. The summed E-state index contributed by atoms with van der Waals surface area (Å²) in [5.74, 6) is 4.95. The molecule has 3 aromatic rings. The van der Waals surface area contributed by atoms with Crippen LogP contribution >= 0.6 is 0 Å². The molecule has 0 aliphatic rings. The molecule has 0 aliphatic carbocycles. The molecule has 3 rings (SSSR count). The van der Waals surface area contributed by atoms with E-state index in [2.05, 4.69) is 17.2 Å². The van der Waals surface area contributed by atoms with Crippen molar-refractivity contribution >= 4 is 27.5 Å². The molecule has 0 heterocycles. The van der Waals surface area contributed by atoms with E-state index >= 15 is 0 Å². The minimum Gasteiger partial charge on any atom is -0.321 e. The maximum Gasteiger partial charge on any atom is 0.266 e. The van der Waals surface area contributed by atoms with E-state index in [1.165, 1.54) is 18.2 Å². The van der Waals surface area contributed by atoms with Crippen molar-refractivity contribution in [2.75, 3.05) is 5.32 Å². The van der Waals surface area contributed by atoms with Gasteiger partial charge in [-0.15, -0.1) is 0 Å². The number of carbonyl (C=O) groups excluding carboxylic acids is 2. The monoisotopic (exact) mass is 472 g/mol. The molecule has 0 spiro atoms. The number of allylic oxidation sites excluding steroid dienone is 1. The zero-order valence-electron chi connectivity index (χ0n) is 18.6. The maximum atomic E-state index is 12.7. The number of sulfonamides is 1. The van der Waals surface area contributed by atoms with Crippen LogP contribution in [0.15, 0.2) is 95.9 Å². The van der Waals surface area contributed by atoms with Gasteiger partial charge >= 0.3 is 0 Å². The SMILES string of the molecule is CC/C=C/CC(=O)NS(=O)(=O)c1ccccc1NC(=O)c1ccc(C#Cc2ccccc2)cc1. The summed E-state index contributed by atoms with van der Waals surface area (Å²) in [5.41, 5.74) is 2.04. The molecule has 0 bridgehead atoms. The number of nitrogens with one attached hydrogen (secondary N) is 2. The van der Waals surface area contributed by atoms with Crippen molar-refractivity contribution in [3.05, 3.63) is 108 Å². The van der Waals surface area contributed by atoms with Gasteiger partial charge in [0.2, 0.25) is 5.91 Å². The molecule has 0 saturated carbocycles. The Kier molecular flexibility index (Phi) is 8.38. The molecule has 2 amide bonds. The molecule has 34 heavy (non-hydrogen) atoms. The molecule has 0 unspecified atom stereocenters. The van der Waals surface area contributed by atoms with Gasteiger partial charge in [0, 0.05) is 23.1 Å². The zero-order valence-corrected chi connectivity index (χ0v) is 19.4. The second-order valence-electron chi connectivity index (χ2n) is 7.26. The maximum absolute atomic E-state index is 12.7. The lowest BCUT2D eigenvalue weighted by molar-refractivity contribution is -0.118. The Morgan fingerprint density at radius 3 is 2.12 bits per heavy atom. The van der Waals surface area contributed by atoms with E-state index in [4.69, 9.17) is 0 Å². The quantitative estimate of drug-likeness (QED) is 0.391. The minimum atomic E-state index is -4.16. The molecule has 0 radical (unpaired) electrons. The Morgan fingerprint density at radius 2 is 1.44 bits per heavy atom. The highest BCUT2D eigenvalue weighted by Crippen LogP contribution is 2.21. The van der Waals surface area contributed by atoms with Crippen LogP contribution in [0.25, 0.3) is 0 Å². The van der Waals surface area contributed by atoms with Gasteiger partial charge in [-0.1, -0.05) is 61.2 Å². The van der Waals surface area contributed by atoms with Crippen molar-refractivity contribution in [3.8, 4) is 11.8 Å². The smallest absolute Gasteiger partial charge is 0.266 e. The molecule has 6 nitrogen and oxygen atoms in total. The Bertz CT molecular complexity index is 1350. The van der Waals surface area contributed by atoms with Crippen LogP contribution in [-0.4, -0.2) is 20.2 Å². The van der Waals surface area contributed by atoms with Gasteiger partial charge in [0.25, 0.3) is 15.9 Å². The Hall–Kier alpha value is -4.15. The van der Waals surface area contributed by atoms with Gasteiger partial charge in [-0.2, -0.15) is 0 Å².